The Morgan fingerprint density at radius 3 is 2.48 bits per heavy atom. The zero-order chi connectivity index (χ0) is 16.8. The highest BCUT2D eigenvalue weighted by molar-refractivity contribution is 5.86. The highest BCUT2D eigenvalue weighted by Crippen LogP contribution is 2.18. The summed E-state index contributed by atoms with van der Waals surface area (Å²) in [6.45, 7) is 3.86. The predicted octanol–water partition coefficient (Wildman–Crippen LogP) is 2.28. The summed E-state index contributed by atoms with van der Waals surface area (Å²) in [5.41, 5.74) is 2.03. The molecule has 0 spiro atoms. The third-order valence-corrected chi connectivity index (χ3v) is 3.63. The molecule has 0 aliphatic carbocycles. The first-order chi connectivity index (χ1) is 11.1. The highest BCUT2D eigenvalue weighted by Gasteiger charge is 2.24. The molecule has 2 N–H and O–H groups in total. The van der Waals surface area contributed by atoms with E-state index in [1.807, 2.05) is 13.8 Å². The van der Waals surface area contributed by atoms with E-state index >= 15 is 0 Å². The molecule has 2 aromatic rings. The van der Waals surface area contributed by atoms with Gasteiger partial charge in [-0.3, -0.25) is 4.79 Å². The Labute approximate surface area is 134 Å². The van der Waals surface area contributed by atoms with Crippen molar-refractivity contribution in [1.82, 2.24) is 10.5 Å². The number of carbonyl (C=O) groups excluding carboxylic acids is 1. The summed E-state index contributed by atoms with van der Waals surface area (Å²) in [7, 11) is 0. The number of nitrogens with zero attached hydrogens (tertiary/aromatic N) is 1. The molecule has 1 amide bonds. The predicted molar refractivity (Wildman–Crippen MR) is 83.9 cm³/mol. The van der Waals surface area contributed by atoms with Crippen LogP contribution in [-0.4, -0.2) is 22.1 Å². The molecule has 0 saturated heterocycles. The number of hydrogen-bond acceptors (Lipinski definition) is 4. The van der Waals surface area contributed by atoms with E-state index < -0.39 is 12.0 Å². The Balaban J connectivity index is 2.14. The number of aromatic nitrogens is 1. The van der Waals surface area contributed by atoms with Gasteiger partial charge in [0.15, 0.2) is 6.04 Å². The fourth-order valence-corrected chi connectivity index (χ4v) is 2.44. The van der Waals surface area contributed by atoms with Crippen molar-refractivity contribution in [3.63, 3.8) is 0 Å². The molecule has 0 saturated carbocycles. The summed E-state index contributed by atoms with van der Waals surface area (Å²) in [5.74, 6) is -0.793. The van der Waals surface area contributed by atoms with E-state index in [9.17, 15) is 14.7 Å². The van der Waals surface area contributed by atoms with Crippen molar-refractivity contribution in [1.29, 1.82) is 0 Å². The Kier molecular flexibility index (Phi) is 5.51. The van der Waals surface area contributed by atoms with Crippen LogP contribution in [0.5, 0.6) is 0 Å². The molecule has 0 fully saturated rings. The lowest BCUT2D eigenvalue weighted by atomic mass is 10.0. The van der Waals surface area contributed by atoms with Crippen LogP contribution in [0.3, 0.4) is 0 Å². The van der Waals surface area contributed by atoms with Crippen LogP contribution in [0.15, 0.2) is 34.9 Å². The van der Waals surface area contributed by atoms with E-state index in [0.29, 0.717) is 24.2 Å². The highest BCUT2D eigenvalue weighted by atomic mass is 16.5. The molecule has 0 unspecified atom stereocenters. The standard InChI is InChI=1S/C17H20N2O4/c1-3-13-12(14(4-2)23-19-13)10-15(20)18-16(17(21)22)11-8-6-5-7-9-11/h5-9,16H,3-4,10H2,1-2H3,(H,18,20)(H,21,22)/t16-/m1/s1. The molecule has 6 nitrogen and oxygen atoms in total. The van der Waals surface area contributed by atoms with Crippen LogP contribution in [0.25, 0.3) is 0 Å². The third kappa shape index (κ3) is 3.97. The second-order valence-electron chi connectivity index (χ2n) is 5.16. The van der Waals surface area contributed by atoms with Crippen molar-refractivity contribution >= 4 is 11.9 Å². The normalized spacial score (nSPS) is 11.9. The number of hydrogen-bond donors (Lipinski definition) is 2. The van der Waals surface area contributed by atoms with Gasteiger partial charge >= 0.3 is 5.97 Å². The number of carboxylic acid groups (broad SMARTS) is 1. The number of aryl methyl sites for hydroxylation is 2. The fourth-order valence-electron chi connectivity index (χ4n) is 2.44. The smallest absolute Gasteiger partial charge is 0.330 e. The number of aliphatic carboxylic acids is 1. The first-order valence-electron chi connectivity index (χ1n) is 7.60. The summed E-state index contributed by atoms with van der Waals surface area (Å²) in [6.07, 6.45) is 1.36. The SMILES string of the molecule is CCc1noc(CC)c1CC(=O)N[C@@H](C(=O)O)c1ccccc1. The zero-order valence-electron chi connectivity index (χ0n) is 13.2. The van der Waals surface area contributed by atoms with Gasteiger partial charge in [0.1, 0.15) is 5.76 Å². The largest absolute Gasteiger partial charge is 0.479 e. The maximum atomic E-state index is 12.3. The number of rotatable bonds is 7. The molecule has 6 heteroatoms. The van der Waals surface area contributed by atoms with Crippen LogP contribution in [0.4, 0.5) is 0 Å². The lowest BCUT2D eigenvalue weighted by molar-refractivity contribution is -0.141. The quantitative estimate of drug-likeness (QED) is 0.817. The number of carboxylic acids is 1. The maximum absolute atomic E-state index is 12.3. The number of carbonyl (C=O) groups is 2. The number of nitrogens with one attached hydrogen (secondary N) is 1. The van der Waals surface area contributed by atoms with Gasteiger partial charge in [-0.1, -0.05) is 49.3 Å². The third-order valence-electron chi connectivity index (χ3n) is 3.63. The van der Waals surface area contributed by atoms with Crippen molar-refractivity contribution in [2.45, 2.75) is 39.2 Å². The Hall–Kier alpha value is -2.63. The molecule has 1 heterocycles. The van der Waals surface area contributed by atoms with Gasteiger partial charge in [-0.05, 0) is 12.0 Å². The molecule has 1 aromatic carbocycles. The lowest BCUT2D eigenvalue weighted by Gasteiger charge is -2.15. The monoisotopic (exact) mass is 316 g/mol. The van der Waals surface area contributed by atoms with E-state index in [1.54, 1.807) is 30.3 Å². The van der Waals surface area contributed by atoms with Crippen LogP contribution in [-0.2, 0) is 28.9 Å². The Bertz CT molecular complexity index is 658. The molecule has 0 aliphatic heterocycles. The van der Waals surface area contributed by atoms with Gasteiger partial charge in [0.05, 0.1) is 12.1 Å². The molecule has 1 aromatic heterocycles. The molecular formula is C17H20N2O4. The van der Waals surface area contributed by atoms with Gasteiger partial charge in [0.2, 0.25) is 5.91 Å². The maximum Gasteiger partial charge on any atom is 0.330 e. The van der Waals surface area contributed by atoms with Crippen molar-refractivity contribution in [2.24, 2.45) is 0 Å². The van der Waals surface area contributed by atoms with Crippen LogP contribution in [0.1, 0.15) is 42.5 Å². The molecule has 1 atom stereocenters. The van der Waals surface area contributed by atoms with Crippen molar-refractivity contribution in [2.75, 3.05) is 0 Å². The second-order valence-corrected chi connectivity index (χ2v) is 5.16. The average Bonchev–Trinajstić information content (AvgIpc) is 2.94. The van der Waals surface area contributed by atoms with Crippen LogP contribution in [0, 0.1) is 0 Å². The lowest BCUT2D eigenvalue weighted by Crippen LogP contribution is -2.34. The Morgan fingerprint density at radius 2 is 1.91 bits per heavy atom. The molecule has 2 rings (SSSR count). The van der Waals surface area contributed by atoms with E-state index in [-0.39, 0.29) is 12.3 Å². The summed E-state index contributed by atoms with van der Waals surface area (Å²) in [5, 5.41) is 15.9. The molecule has 0 radical (unpaired) electrons. The summed E-state index contributed by atoms with van der Waals surface area (Å²) < 4.78 is 5.23. The molecule has 0 bridgehead atoms. The van der Waals surface area contributed by atoms with E-state index in [2.05, 4.69) is 10.5 Å². The first kappa shape index (κ1) is 16.7. The van der Waals surface area contributed by atoms with Crippen LogP contribution >= 0.6 is 0 Å². The van der Waals surface area contributed by atoms with Gasteiger partial charge in [-0.25, -0.2) is 4.79 Å². The van der Waals surface area contributed by atoms with Crippen LogP contribution < -0.4 is 5.32 Å². The van der Waals surface area contributed by atoms with E-state index in [1.165, 1.54) is 0 Å². The van der Waals surface area contributed by atoms with Gasteiger partial charge in [0.25, 0.3) is 0 Å². The van der Waals surface area contributed by atoms with E-state index in [0.717, 1.165) is 11.3 Å². The summed E-state index contributed by atoms with van der Waals surface area (Å²) in [4.78, 5) is 23.7. The van der Waals surface area contributed by atoms with Crippen molar-refractivity contribution < 1.29 is 19.2 Å². The van der Waals surface area contributed by atoms with Gasteiger partial charge in [-0.2, -0.15) is 0 Å². The zero-order valence-corrected chi connectivity index (χ0v) is 13.2. The summed E-state index contributed by atoms with van der Waals surface area (Å²) >= 11 is 0. The molecule has 23 heavy (non-hydrogen) atoms. The fraction of sp³-hybridized carbons (Fsp3) is 0.353. The van der Waals surface area contributed by atoms with Gasteiger partial charge < -0.3 is 14.9 Å². The molecular weight excluding hydrogens is 296 g/mol. The number of amides is 1. The van der Waals surface area contributed by atoms with Gasteiger partial charge in [0, 0.05) is 12.0 Å². The topological polar surface area (TPSA) is 92.4 Å². The van der Waals surface area contributed by atoms with Crippen LogP contribution in [0.2, 0.25) is 0 Å². The second kappa shape index (κ2) is 7.58. The minimum atomic E-state index is -1.10. The van der Waals surface area contributed by atoms with Gasteiger partial charge in [-0.15, -0.1) is 0 Å². The molecule has 122 valence electrons. The van der Waals surface area contributed by atoms with E-state index in [4.69, 9.17) is 4.52 Å². The molecule has 0 aliphatic rings. The van der Waals surface area contributed by atoms with Crippen molar-refractivity contribution in [3.8, 4) is 0 Å². The van der Waals surface area contributed by atoms with Crippen molar-refractivity contribution in [3.05, 3.63) is 52.9 Å². The Morgan fingerprint density at radius 1 is 1.22 bits per heavy atom. The minimum absolute atomic E-state index is 0.0620. The summed E-state index contributed by atoms with van der Waals surface area (Å²) in [6, 6.07) is 7.55. The minimum Gasteiger partial charge on any atom is -0.479 e. The average molecular weight is 316 g/mol. The number of benzene rings is 1. The first-order valence-corrected chi connectivity index (χ1v) is 7.60.